The summed E-state index contributed by atoms with van der Waals surface area (Å²) < 4.78 is 29.3. The van der Waals surface area contributed by atoms with Gasteiger partial charge in [0.25, 0.3) is 11.4 Å². The number of nitro benzene ring substituents is 2. The molecule has 0 spiro atoms. The van der Waals surface area contributed by atoms with Crippen LogP contribution in [-0.4, -0.2) is 27.9 Å². The minimum Gasteiger partial charge on any atom is -0.507 e. The Bertz CT molecular complexity index is 870. The van der Waals surface area contributed by atoms with Crippen LogP contribution < -0.4 is 4.74 Å². The van der Waals surface area contributed by atoms with Crippen LogP contribution in [0.5, 0.6) is 11.5 Å². The van der Waals surface area contributed by atoms with Crippen molar-refractivity contribution in [3.05, 3.63) is 56.1 Å². The third-order valence-corrected chi connectivity index (χ3v) is 3.14. The molecule has 0 saturated heterocycles. The molecule has 11 heteroatoms. The fraction of sp³-hybridized carbons (Fsp3) is 0.0714. The molecule has 2 aromatic carbocycles. The summed E-state index contributed by atoms with van der Waals surface area (Å²) in [5.41, 5.74) is -2.48. The highest BCUT2D eigenvalue weighted by Crippen LogP contribution is 2.42. The van der Waals surface area contributed by atoms with E-state index in [4.69, 9.17) is 0 Å². The molecule has 0 amide bonds. The molecular weight excluding hydrogens is 346 g/mol. The minimum absolute atomic E-state index is 0.122. The molecule has 0 atom stereocenters. The van der Waals surface area contributed by atoms with E-state index in [1.807, 2.05) is 0 Å². The van der Waals surface area contributed by atoms with Gasteiger partial charge in [-0.05, 0) is 6.07 Å². The number of benzene rings is 2. The number of alkyl halides is 2. The molecule has 0 bridgehead atoms. The maximum Gasteiger partial charge on any atom is 0.387 e. The molecule has 0 aliphatic carbocycles. The van der Waals surface area contributed by atoms with E-state index in [0.29, 0.717) is 0 Å². The fourth-order valence-electron chi connectivity index (χ4n) is 2.08. The normalized spacial score (nSPS) is 10.5. The lowest BCUT2D eigenvalue weighted by Gasteiger charge is -2.13. The first-order valence-corrected chi connectivity index (χ1v) is 6.44. The van der Waals surface area contributed by atoms with Crippen LogP contribution >= 0.6 is 0 Å². The van der Waals surface area contributed by atoms with Gasteiger partial charge in [-0.3, -0.25) is 25.0 Å². The maximum atomic E-state index is 12.5. The van der Waals surface area contributed by atoms with E-state index in [1.54, 1.807) is 0 Å². The maximum absolute atomic E-state index is 12.5. The lowest BCUT2D eigenvalue weighted by Crippen LogP contribution is -2.04. The molecule has 0 heterocycles. The number of phenolic OH excluding ortho intramolecular Hbond substituents is 1. The van der Waals surface area contributed by atoms with E-state index in [9.17, 15) is 38.9 Å². The average Bonchev–Trinajstić information content (AvgIpc) is 2.54. The second-order valence-corrected chi connectivity index (χ2v) is 4.62. The van der Waals surface area contributed by atoms with Gasteiger partial charge in [0, 0.05) is 35.4 Å². The first-order valence-electron chi connectivity index (χ1n) is 6.44. The zero-order valence-electron chi connectivity index (χ0n) is 12.1. The van der Waals surface area contributed by atoms with Crippen LogP contribution in [0, 0.1) is 20.2 Å². The van der Waals surface area contributed by atoms with Crippen molar-refractivity contribution < 1.29 is 33.3 Å². The van der Waals surface area contributed by atoms with Crippen LogP contribution in [0.25, 0.3) is 11.1 Å². The third-order valence-electron chi connectivity index (χ3n) is 3.14. The molecule has 2 aromatic rings. The van der Waals surface area contributed by atoms with Gasteiger partial charge in [0.2, 0.25) is 0 Å². The number of non-ortho nitro benzene ring substituents is 2. The molecule has 2 rings (SSSR count). The van der Waals surface area contributed by atoms with Gasteiger partial charge >= 0.3 is 6.61 Å². The Labute approximate surface area is 137 Å². The van der Waals surface area contributed by atoms with Crippen LogP contribution in [0.2, 0.25) is 0 Å². The number of aromatic hydroxyl groups is 1. The Kier molecular flexibility index (Phi) is 4.86. The van der Waals surface area contributed by atoms with Crippen LogP contribution in [-0.2, 0) is 0 Å². The molecule has 0 aromatic heterocycles. The van der Waals surface area contributed by atoms with Crippen molar-refractivity contribution in [1.82, 2.24) is 0 Å². The summed E-state index contributed by atoms with van der Waals surface area (Å²) in [5, 5.41) is 31.9. The molecule has 25 heavy (non-hydrogen) atoms. The van der Waals surface area contributed by atoms with Gasteiger partial charge in [-0.25, -0.2) is 0 Å². The van der Waals surface area contributed by atoms with E-state index < -0.39 is 56.0 Å². The number of nitrogens with zero attached hydrogens (tertiary/aromatic N) is 2. The monoisotopic (exact) mass is 354 g/mol. The molecular formula is C14H8F2N2O7. The van der Waals surface area contributed by atoms with E-state index >= 15 is 0 Å². The Morgan fingerprint density at radius 2 is 1.64 bits per heavy atom. The molecule has 1 N–H and O–H groups in total. The van der Waals surface area contributed by atoms with Crippen LogP contribution in [0.3, 0.4) is 0 Å². The lowest BCUT2D eigenvalue weighted by molar-refractivity contribution is -0.385. The second kappa shape index (κ2) is 6.86. The molecule has 130 valence electrons. The summed E-state index contributed by atoms with van der Waals surface area (Å²) in [7, 11) is 0. The van der Waals surface area contributed by atoms with Gasteiger partial charge in [0.1, 0.15) is 11.5 Å². The Hall–Kier alpha value is -3.63. The summed E-state index contributed by atoms with van der Waals surface area (Å²) in [6.45, 7) is -3.29. The van der Waals surface area contributed by atoms with Gasteiger partial charge in [0.05, 0.1) is 15.4 Å². The minimum atomic E-state index is -3.29. The largest absolute Gasteiger partial charge is 0.507 e. The molecule has 0 aliphatic rings. The lowest BCUT2D eigenvalue weighted by atomic mass is 9.99. The predicted octanol–water partition coefficient (Wildman–Crippen LogP) is 3.29. The molecule has 0 saturated carbocycles. The summed E-state index contributed by atoms with van der Waals surface area (Å²) in [6, 6.07) is 4.11. The predicted molar refractivity (Wildman–Crippen MR) is 78.9 cm³/mol. The molecule has 0 radical (unpaired) electrons. The van der Waals surface area contributed by atoms with Gasteiger partial charge in [0.15, 0.2) is 6.29 Å². The van der Waals surface area contributed by atoms with Crippen molar-refractivity contribution in [1.29, 1.82) is 0 Å². The molecule has 0 unspecified atom stereocenters. The number of nitro groups is 2. The summed E-state index contributed by atoms with van der Waals surface area (Å²) in [4.78, 5) is 31.1. The zero-order chi connectivity index (χ0) is 18.7. The van der Waals surface area contributed by atoms with E-state index in [1.165, 1.54) is 0 Å². The number of ether oxygens (including phenoxy) is 1. The van der Waals surface area contributed by atoms with Gasteiger partial charge in [-0.2, -0.15) is 8.78 Å². The number of phenols is 1. The van der Waals surface area contributed by atoms with Gasteiger partial charge < -0.3 is 9.84 Å². The van der Waals surface area contributed by atoms with Crippen molar-refractivity contribution in [2.24, 2.45) is 0 Å². The summed E-state index contributed by atoms with van der Waals surface area (Å²) in [5.74, 6) is -1.33. The van der Waals surface area contributed by atoms with Crippen LogP contribution in [0.15, 0.2) is 30.3 Å². The van der Waals surface area contributed by atoms with Crippen molar-refractivity contribution in [2.45, 2.75) is 6.61 Å². The van der Waals surface area contributed by atoms with Crippen molar-refractivity contribution in [3.63, 3.8) is 0 Å². The Morgan fingerprint density at radius 1 is 1.04 bits per heavy atom. The zero-order valence-corrected chi connectivity index (χ0v) is 12.1. The van der Waals surface area contributed by atoms with Gasteiger partial charge in [-0.1, -0.05) is 0 Å². The number of rotatable bonds is 6. The summed E-state index contributed by atoms with van der Waals surface area (Å²) in [6.07, 6.45) is 0.122. The highest BCUT2D eigenvalue weighted by atomic mass is 19.3. The second-order valence-electron chi connectivity index (χ2n) is 4.62. The SMILES string of the molecule is O=Cc1cc([N+](=O)[O-])cc(-c2cc([N+](=O)[O-])ccc2OC(F)F)c1O. The smallest absolute Gasteiger partial charge is 0.387 e. The first kappa shape index (κ1) is 17.7. The summed E-state index contributed by atoms with van der Waals surface area (Å²) >= 11 is 0. The van der Waals surface area contributed by atoms with E-state index in [2.05, 4.69) is 4.74 Å². The highest BCUT2D eigenvalue weighted by molar-refractivity contribution is 5.89. The number of carbonyl (C=O) groups is 1. The van der Waals surface area contributed by atoms with E-state index in [-0.39, 0.29) is 6.29 Å². The topological polar surface area (TPSA) is 133 Å². The van der Waals surface area contributed by atoms with Crippen LogP contribution in [0.4, 0.5) is 20.2 Å². The standard InChI is InChI=1S/C14H8F2N2O7/c15-14(16)25-12-2-1-8(17(21)22)4-10(12)11-5-9(18(23)24)3-7(6-19)13(11)20/h1-6,14,20H. The third kappa shape index (κ3) is 3.65. The van der Waals surface area contributed by atoms with Crippen molar-refractivity contribution in [3.8, 4) is 22.6 Å². The fourth-order valence-corrected chi connectivity index (χ4v) is 2.08. The number of hydrogen-bond acceptors (Lipinski definition) is 7. The van der Waals surface area contributed by atoms with Crippen molar-refractivity contribution >= 4 is 17.7 Å². The Balaban J connectivity index is 2.80. The van der Waals surface area contributed by atoms with E-state index in [0.717, 1.165) is 30.3 Å². The van der Waals surface area contributed by atoms with Crippen molar-refractivity contribution in [2.75, 3.05) is 0 Å². The first-order chi connectivity index (χ1) is 11.7. The van der Waals surface area contributed by atoms with Crippen LogP contribution in [0.1, 0.15) is 10.4 Å². The number of halogens is 2. The van der Waals surface area contributed by atoms with Gasteiger partial charge in [-0.15, -0.1) is 0 Å². The average molecular weight is 354 g/mol. The quantitative estimate of drug-likeness (QED) is 0.478. The highest BCUT2D eigenvalue weighted by Gasteiger charge is 2.23. The number of carbonyl (C=O) groups excluding carboxylic acids is 1. The molecule has 0 fully saturated rings. The molecule has 0 aliphatic heterocycles. The number of hydrogen-bond donors (Lipinski definition) is 1. The number of aldehydes is 1. The molecule has 9 nitrogen and oxygen atoms in total. The Morgan fingerprint density at radius 3 is 2.16 bits per heavy atom.